The van der Waals surface area contributed by atoms with Gasteiger partial charge >= 0.3 is 0 Å². The third kappa shape index (κ3) is 2.91. The van der Waals surface area contributed by atoms with Crippen molar-refractivity contribution in [3.63, 3.8) is 0 Å². The van der Waals surface area contributed by atoms with Crippen LogP contribution >= 0.6 is 0 Å². The maximum Gasteiger partial charge on any atom is 0.198 e. The van der Waals surface area contributed by atoms with Crippen molar-refractivity contribution >= 4 is 5.82 Å². The highest BCUT2D eigenvalue weighted by Gasteiger charge is 1.91. The van der Waals surface area contributed by atoms with Crippen molar-refractivity contribution in [2.24, 2.45) is 10.4 Å². The molecule has 0 unspecified atom stereocenters. The van der Waals surface area contributed by atoms with E-state index in [1.165, 1.54) is 0 Å². The molecule has 0 aliphatic heterocycles. The van der Waals surface area contributed by atoms with Gasteiger partial charge in [-0.15, -0.1) is 0 Å². The van der Waals surface area contributed by atoms with Crippen molar-refractivity contribution in [3.8, 4) is 0 Å². The van der Waals surface area contributed by atoms with Gasteiger partial charge in [0.25, 0.3) is 0 Å². The second-order valence-corrected chi connectivity index (χ2v) is 2.87. The van der Waals surface area contributed by atoms with Gasteiger partial charge in [-0.2, -0.15) is 5.10 Å². The molecule has 0 fully saturated rings. The Bertz CT molecular complexity index is 410. The van der Waals surface area contributed by atoms with E-state index in [0.29, 0.717) is 12.4 Å². The fourth-order valence-corrected chi connectivity index (χ4v) is 1.06. The Kier molecular flexibility index (Phi) is 3.07. The molecule has 0 saturated heterocycles. The third-order valence-corrected chi connectivity index (χ3v) is 1.76. The van der Waals surface area contributed by atoms with E-state index in [2.05, 4.69) is 20.6 Å². The normalized spacial score (nSPS) is 10.7. The molecule has 5 heteroatoms. The second kappa shape index (κ2) is 4.90. The van der Waals surface area contributed by atoms with Crippen molar-refractivity contribution in [2.75, 3.05) is 0 Å². The van der Waals surface area contributed by atoms with Gasteiger partial charge < -0.3 is 4.84 Å². The first kappa shape index (κ1) is 9.39. The van der Waals surface area contributed by atoms with Crippen molar-refractivity contribution in [1.29, 1.82) is 0 Å². The van der Waals surface area contributed by atoms with Crippen LogP contribution in [0.2, 0.25) is 0 Å². The first-order chi connectivity index (χ1) is 7.45. The summed E-state index contributed by atoms with van der Waals surface area (Å²) in [5.74, 6) is 0.503. The zero-order chi connectivity index (χ0) is 10.3. The average molecular weight is 202 g/mol. The van der Waals surface area contributed by atoms with Crippen LogP contribution in [-0.2, 0) is 11.4 Å². The van der Waals surface area contributed by atoms with Gasteiger partial charge in [-0.25, -0.2) is 0 Å². The first-order valence-electron chi connectivity index (χ1n) is 4.52. The van der Waals surface area contributed by atoms with E-state index in [1.807, 2.05) is 30.3 Å². The number of H-pyrrole nitrogens is 1. The van der Waals surface area contributed by atoms with Gasteiger partial charge in [0.2, 0.25) is 0 Å². The van der Waals surface area contributed by atoms with Gasteiger partial charge in [0.05, 0.1) is 0 Å². The molecule has 0 spiro atoms. The van der Waals surface area contributed by atoms with Crippen molar-refractivity contribution in [3.05, 3.63) is 48.2 Å². The van der Waals surface area contributed by atoms with E-state index in [-0.39, 0.29) is 0 Å². The molecule has 5 nitrogen and oxygen atoms in total. The molecule has 15 heavy (non-hydrogen) atoms. The molecule has 0 aliphatic carbocycles. The second-order valence-electron chi connectivity index (χ2n) is 2.87. The summed E-state index contributed by atoms with van der Waals surface area (Å²) in [6.45, 7) is 0.411. The number of aromatic amines is 1. The lowest BCUT2D eigenvalue weighted by Crippen LogP contribution is -1.84. The van der Waals surface area contributed by atoms with Crippen LogP contribution in [0.15, 0.2) is 53.0 Å². The van der Waals surface area contributed by atoms with Gasteiger partial charge in [-0.05, 0) is 5.56 Å². The molecule has 0 aliphatic rings. The quantitative estimate of drug-likeness (QED) is 0.611. The Labute approximate surface area is 86.8 Å². The molecule has 1 N–H and O–H groups in total. The van der Waals surface area contributed by atoms with Crippen LogP contribution in [0.4, 0.5) is 5.82 Å². The molecule has 0 radical (unpaired) electrons. The summed E-state index contributed by atoms with van der Waals surface area (Å²) in [4.78, 5) is 5.00. The van der Waals surface area contributed by atoms with E-state index in [9.17, 15) is 0 Å². The van der Waals surface area contributed by atoms with Gasteiger partial charge in [0.1, 0.15) is 6.61 Å². The zero-order valence-electron chi connectivity index (χ0n) is 8.00. The van der Waals surface area contributed by atoms with Gasteiger partial charge in [0.15, 0.2) is 5.82 Å². The number of nitrogens with zero attached hydrogens (tertiary/aromatic N) is 3. The highest BCUT2D eigenvalue weighted by Crippen LogP contribution is 2.06. The summed E-state index contributed by atoms with van der Waals surface area (Å²) in [5, 5.41) is 13.7. The number of benzene rings is 1. The molecule has 0 bridgehead atoms. The van der Waals surface area contributed by atoms with Gasteiger partial charge in [-0.1, -0.05) is 35.4 Å². The molecular weight excluding hydrogens is 192 g/mol. The van der Waals surface area contributed by atoms with Gasteiger partial charge in [-0.3, -0.25) is 5.10 Å². The van der Waals surface area contributed by atoms with E-state index in [4.69, 9.17) is 4.84 Å². The summed E-state index contributed by atoms with van der Waals surface area (Å²) < 4.78 is 0. The van der Waals surface area contributed by atoms with E-state index >= 15 is 0 Å². The Morgan fingerprint density at radius 1 is 1.20 bits per heavy atom. The van der Waals surface area contributed by atoms with Crippen LogP contribution in [0, 0.1) is 0 Å². The Morgan fingerprint density at radius 3 is 2.80 bits per heavy atom. The number of aromatic nitrogens is 2. The summed E-state index contributed by atoms with van der Waals surface area (Å²) in [5.41, 5.74) is 1.05. The molecule has 1 aromatic carbocycles. The minimum atomic E-state index is 0.411. The smallest absolute Gasteiger partial charge is 0.198 e. The largest absolute Gasteiger partial charge is 0.374 e. The van der Waals surface area contributed by atoms with Crippen LogP contribution in [0.25, 0.3) is 0 Å². The molecule has 2 rings (SSSR count). The maximum atomic E-state index is 5.00. The molecule has 1 heterocycles. The molecule has 2 aromatic rings. The number of rotatable bonds is 4. The molecule has 0 saturated carbocycles. The predicted molar refractivity (Wildman–Crippen MR) is 54.3 cm³/mol. The van der Waals surface area contributed by atoms with Crippen LogP contribution in [0.5, 0.6) is 0 Å². The Hall–Kier alpha value is -2.17. The van der Waals surface area contributed by atoms with E-state index < -0.39 is 0 Å². The fraction of sp³-hybridized carbons (Fsp3) is 0.100. The highest BCUT2D eigenvalue weighted by atomic mass is 16.6. The summed E-state index contributed by atoms with van der Waals surface area (Å²) >= 11 is 0. The molecule has 1 aromatic heterocycles. The summed E-state index contributed by atoms with van der Waals surface area (Å²) in [6.07, 6.45) is 1.67. The van der Waals surface area contributed by atoms with Crippen molar-refractivity contribution in [2.45, 2.75) is 6.61 Å². The average Bonchev–Trinajstić information content (AvgIpc) is 2.79. The molecule has 0 amide bonds. The van der Waals surface area contributed by atoms with Crippen LogP contribution in [0.3, 0.4) is 0 Å². The monoisotopic (exact) mass is 202 g/mol. The standard InChI is InChI=1S/C10H10N4O/c1-2-4-9(5-3-1)8-15-14-13-10-6-7-11-12-10/h1-7H,8H2,(H,11,12). The number of hydrogen-bond acceptors (Lipinski definition) is 4. The van der Waals surface area contributed by atoms with Crippen LogP contribution < -0.4 is 0 Å². The topological polar surface area (TPSA) is 62.6 Å². The van der Waals surface area contributed by atoms with Crippen molar-refractivity contribution in [1.82, 2.24) is 10.2 Å². The Balaban J connectivity index is 1.80. The summed E-state index contributed by atoms with van der Waals surface area (Å²) in [7, 11) is 0. The molecular formula is C10H10N4O. The lowest BCUT2D eigenvalue weighted by molar-refractivity contribution is 0.112. The molecule has 0 atom stereocenters. The predicted octanol–water partition coefficient (Wildman–Crippen LogP) is 2.63. The lowest BCUT2D eigenvalue weighted by atomic mass is 10.2. The maximum absolute atomic E-state index is 5.00. The minimum absolute atomic E-state index is 0.411. The van der Waals surface area contributed by atoms with Gasteiger partial charge in [0, 0.05) is 17.5 Å². The summed E-state index contributed by atoms with van der Waals surface area (Å²) in [6, 6.07) is 11.5. The van der Waals surface area contributed by atoms with Crippen LogP contribution in [-0.4, -0.2) is 10.2 Å². The number of nitrogens with one attached hydrogen (secondary N) is 1. The Morgan fingerprint density at radius 2 is 2.07 bits per heavy atom. The third-order valence-electron chi connectivity index (χ3n) is 1.76. The van der Waals surface area contributed by atoms with E-state index in [1.54, 1.807) is 12.3 Å². The SMILES string of the molecule is c1ccc(CON=Nc2cc[nH]n2)cc1. The zero-order valence-corrected chi connectivity index (χ0v) is 8.00. The highest BCUT2D eigenvalue weighted by molar-refractivity contribution is 5.20. The van der Waals surface area contributed by atoms with E-state index in [0.717, 1.165) is 5.56 Å². The lowest BCUT2D eigenvalue weighted by Gasteiger charge is -1.96. The number of hydrogen-bond donors (Lipinski definition) is 1. The van der Waals surface area contributed by atoms with Crippen LogP contribution in [0.1, 0.15) is 5.56 Å². The van der Waals surface area contributed by atoms with Crippen molar-refractivity contribution < 1.29 is 4.84 Å². The fourth-order valence-electron chi connectivity index (χ4n) is 1.06. The first-order valence-corrected chi connectivity index (χ1v) is 4.52. The molecule has 76 valence electrons. The minimum Gasteiger partial charge on any atom is -0.374 e.